The molecule has 3 aromatic carbocycles. The molecule has 0 spiro atoms. The molecule has 0 heterocycles. The summed E-state index contributed by atoms with van der Waals surface area (Å²) in [5.41, 5.74) is 1.45. The van der Waals surface area contributed by atoms with E-state index in [1.165, 1.54) is 11.1 Å². The number of nitrogens with zero attached hydrogens (tertiary/aromatic N) is 1. The molecule has 0 amide bonds. The largest absolute Gasteiger partial charge is 0.497 e. The summed E-state index contributed by atoms with van der Waals surface area (Å²) in [7, 11) is 3.15. The average molecular weight is 501 g/mol. The second-order valence-corrected chi connectivity index (χ2v) is 7.74. The van der Waals surface area contributed by atoms with Crippen molar-refractivity contribution in [2.75, 3.05) is 19.5 Å². The lowest BCUT2D eigenvalue weighted by atomic mass is 10.1. The maximum absolute atomic E-state index is 12.3. The Morgan fingerprint density at radius 2 is 1.88 bits per heavy atom. The van der Waals surface area contributed by atoms with Gasteiger partial charge in [0.2, 0.25) is 0 Å². The topological polar surface area (TPSA) is 82.9 Å². The van der Waals surface area contributed by atoms with Crippen LogP contribution in [0.1, 0.15) is 12.5 Å². The summed E-state index contributed by atoms with van der Waals surface area (Å²) < 4.78 is 16.7. The van der Waals surface area contributed by atoms with Gasteiger partial charge in [-0.3, -0.25) is 20.2 Å². The van der Waals surface area contributed by atoms with Crippen LogP contribution in [0, 0.1) is 10.1 Å². The van der Waals surface area contributed by atoms with E-state index in [1.54, 1.807) is 33.3 Å². The fourth-order valence-electron chi connectivity index (χ4n) is 3.55. The van der Waals surface area contributed by atoms with Gasteiger partial charge in [-0.1, -0.05) is 58.4 Å². The summed E-state index contributed by atoms with van der Waals surface area (Å²) in [5, 5.41) is 17.1. The van der Waals surface area contributed by atoms with Crippen molar-refractivity contribution >= 4 is 32.4 Å². The van der Waals surface area contributed by atoms with Crippen LogP contribution in [-0.4, -0.2) is 31.1 Å². The van der Waals surface area contributed by atoms with Crippen molar-refractivity contribution in [3.8, 4) is 11.5 Å². The van der Waals surface area contributed by atoms with Crippen LogP contribution in [0.3, 0.4) is 0 Å². The number of rotatable bonds is 10. The van der Waals surface area contributed by atoms with Gasteiger partial charge in [-0.15, -0.1) is 0 Å². The Labute approximate surface area is 195 Å². The van der Waals surface area contributed by atoms with E-state index in [0.29, 0.717) is 23.6 Å². The molecule has 0 aromatic heterocycles. The molecule has 8 heteroatoms. The van der Waals surface area contributed by atoms with Gasteiger partial charge in [0.25, 0.3) is 0 Å². The molecule has 168 valence electrons. The Bertz CT molecular complexity index is 1120. The van der Waals surface area contributed by atoms with Crippen molar-refractivity contribution in [1.82, 2.24) is 0 Å². The molecular weight excluding hydrogens is 476 g/mol. The quantitative estimate of drug-likeness (QED) is 0.216. The van der Waals surface area contributed by atoms with Crippen LogP contribution in [0.25, 0.3) is 10.8 Å². The number of hydrogen-bond acceptors (Lipinski definition) is 6. The molecule has 0 aliphatic carbocycles. The number of fused-ring (bicyclic) bond motifs is 1. The third-order valence-corrected chi connectivity index (χ3v) is 5.31. The molecule has 0 aliphatic rings. The monoisotopic (exact) mass is 500 g/mol. The van der Waals surface area contributed by atoms with Crippen molar-refractivity contribution < 1.29 is 19.1 Å². The smallest absolute Gasteiger partial charge is 0.428 e. The number of hydrogen-bond donors (Lipinski definition) is 1. The lowest BCUT2D eigenvalue weighted by Gasteiger charge is -2.28. The number of nitrogens with one attached hydrogen (secondary N) is 1. The van der Waals surface area contributed by atoms with E-state index in [2.05, 4.69) is 21.2 Å². The van der Waals surface area contributed by atoms with Gasteiger partial charge >= 0.3 is 5.85 Å². The van der Waals surface area contributed by atoms with Crippen LogP contribution in [0.5, 0.6) is 11.5 Å². The molecule has 32 heavy (non-hydrogen) atoms. The van der Waals surface area contributed by atoms with E-state index in [1.807, 2.05) is 48.5 Å². The second kappa shape index (κ2) is 10.5. The first-order valence-electron chi connectivity index (χ1n) is 9.99. The number of anilines is 1. The van der Waals surface area contributed by atoms with Crippen LogP contribution in [0.4, 0.5) is 5.69 Å². The Morgan fingerprint density at radius 1 is 1.12 bits per heavy atom. The number of nitro groups is 1. The van der Waals surface area contributed by atoms with Gasteiger partial charge in [-0.05, 0) is 35.0 Å². The van der Waals surface area contributed by atoms with E-state index in [9.17, 15) is 10.1 Å². The molecule has 0 fully saturated rings. The SMILES string of the molecule is COc1ccc(CC(C)OC(/C=C/Br)(Nc2cccc3ccccc23)[N+](=O)[O-])c(OC)c1. The zero-order valence-corrected chi connectivity index (χ0v) is 19.7. The Balaban J connectivity index is 1.91. The predicted octanol–water partition coefficient (Wildman–Crippen LogP) is 5.76. The zero-order chi connectivity index (χ0) is 23.1. The number of ether oxygens (including phenoxy) is 3. The highest BCUT2D eigenvalue weighted by atomic mass is 79.9. The van der Waals surface area contributed by atoms with Crippen molar-refractivity contribution in [3.63, 3.8) is 0 Å². The standard InChI is InChI=1S/C24H25BrN2O5/c1-17(15-19-11-12-20(30-2)16-23(19)31-3)32-24(13-14-25,27(28)29)26-22-10-6-8-18-7-4-5-9-21(18)22/h4-14,16-17,26H,15H2,1-3H3/b14-13+. The maximum atomic E-state index is 12.3. The van der Waals surface area contributed by atoms with Crippen LogP contribution >= 0.6 is 15.9 Å². The van der Waals surface area contributed by atoms with E-state index >= 15 is 0 Å². The average Bonchev–Trinajstić information content (AvgIpc) is 2.79. The van der Waals surface area contributed by atoms with E-state index in [4.69, 9.17) is 14.2 Å². The van der Waals surface area contributed by atoms with Gasteiger partial charge in [0.1, 0.15) is 11.5 Å². The molecule has 0 saturated carbocycles. The minimum atomic E-state index is -1.98. The van der Waals surface area contributed by atoms with Crippen molar-refractivity contribution in [1.29, 1.82) is 0 Å². The first kappa shape index (κ1) is 23.6. The van der Waals surface area contributed by atoms with Crippen molar-refractivity contribution in [3.05, 3.63) is 87.4 Å². The lowest BCUT2D eigenvalue weighted by Crippen LogP contribution is -2.49. The molecule has 0 radical (unpaired) electrons. The third-order valence-electron chi connectivity index (χ3n) is 5.05. The van der Waals surface area contributed by atoms with Crippen LogP contribution in [-0.2, 0) is 11.2 Å². The zero-order valence-electron chi connectivity index (χ0n) is 18.1. The van der Waals surface area contributed by atoms with E-state index < -0.39 is 16.9 Å². The van der Waals surface area contributed by atoms with Crippen molar-refractivity contribution in [2.45, 2.75) is 25.3 Å². The third kappa shape index (κ3) is 5.20. The molecule has 0 saturated heterocycles. The van der Waals surface area contributed by atoms with Crippen LogP contribution in [0.2, 0.25) is 0 Å². The number of methoxy groups -OCH3 is 2. The fraction of sp³-hybridized carbons (Fsp3) is 0.250. The first-order valence-corrected chi connectivity index (χ1v) is 10.9. The molecule has 3 aromatic rings. The molecule has 3 rings (SSSR count). The Morgan fingerprint density at radius 3 is 2.56 bits per heavy atom. The number of benzene rings is 3. The highest BCUT2D eigenvalue weighted by Crippen LogP contribution is 2.30. The van der Waals surface area contributed by atoms with Gasteiger partial charge in [-0.25, -0.2) is 0 Å². The van der Waals surface area contributed by atoms with Gasteiger partial charge in [0, 0.05) is 17.9 Å². The fourth-order valence-corrected chi connectivity index (χ4v) is 3.91. The minimum Gasteiger partial charge on any atom is -0.497 e. The molecule has 1 N–H and O–H groups in total. The van der Waals surface area contributed by atoms with Crippen molar-refractivity contribution in [2.24, 2.45) is 0 Å². The highest BCUT2D eigenvalue weighted by molar-refractivity contribution is 9.11. The summed E-state index contributed by atoms with van der Waals surface area (Å²) in [5.74, 6) is -0.685. The Kier molecular flexibility index (Phi) is 7.71. The molecule has 0 aliphatic heterocycles. The Hall–Kier alpha value is -3.10. The van der Waals surface area contributed by atoms with E-state index in [-0.39, 0.29) is 0 Å². The molecule has 0 bridgehead atoms. The lowest BCUT2D eigenvalue weighted by molar-refractivity contribution is -0.607. The highest BCUT2D eigenvalue weighted by Gasteiger charge is 2.44. The van der Waals surface area contributed by atoms with Crippen LogP contribution < -0.4 is 14.8 Å². The van der Waals surface area contributed by atoms with Gasteiger partial charge in [-0.2, -0.15) is 0 Å². The van der Waals surface area contributed by atoms with Gasteiger partial charge in [0.15, 0.2) is 0 Å². The first-order chi connectivity index (χ1) is 15.4. The van der Waals surface area contributed by atoms with Crippen LogP contribution in [0.15, 0.2) is 71.7 Å². The molecule has 7 nitrogen and oxygen atoms in total. The predicted molar refractivity (Wildman–Crippen MR) is 129 cm³/mol. The number of halogens is 1. The van der Waals surface area contributed by atoms with Gasteiger partial charge < -0.3 is 9.47 Å². The van der Waals surface area contributed by atoms with Gasteiger partial charge in [0.05, 0.1) is 37.0 Å². The normalized spacial score (nSPS) is 14.1. The van der Waals surface area contributed by atoms with E-state index in [0.717, 1.165) is 16.3 Å². The summed E-state index contributed by atoms with van der Waals surface area (Å²) in [4.78, 5) is 13.2. The summed E-state index contributed by atoms with van der Waals surface area (Å²) in [6.45, 7) is 1.79. The molecular formula is C24H25BrN2O5. The summed E-state index contributed by atoms with van der Waals surface area (Å²) in [6, 6.07) is 18.7. The molecule has 2 unspecified atom stereocenters. The molecule has 2 atom stereocenters. The minimum absolute atomic E-state index is 0.399. The maximum Gasteiger partial charge on any atom is 0.428 e. The summed E-state index contributed by atoms with van der Waals surface area (Å²) >= 11 is 3.17. The second-order valence-electron chi connectivity index (χ2n) is 7.21. The summed E-state index contributed by atoms with van der Waals surface area (Å²) in [6.07, 6.45) is 1.22.